The van der Waals surface area contributed by atoms with E-state index in [0.717, 1.165) is 206 Å². The van der Waals surface area contributed by atoms with E-state index < -0.39 is 59.6 Å². The molecule has 1 fully saturated rings. The first kappa shape index (κ1) is 101. The van der Waals surface area contributed by atoms with Gasteiger partial charge in [-0.2, -0.15) is 20.4 Å². The lowest BCUT2D eigenvalue weighted by molar-refractivity contribution is -0.129. The molecule has 147 heavy (non-hydrogen) atoms. The minimum absolute atomic E-state index is 0.0231. The fourth-order valence-corrected chi connectivity index (χ4v) is 29.0. The Labute approximate surface area is 870 Å². The molecule has 31 nitrogen and oxygen atoms in total. The molecule has 0 amide bonds. The summed E-state index contributed by atoms with van der Waals surface area (Å²) < 4.78 is 14.7. The summed E-state index contributed by atoms with van der Waals surface area (Å²) in [4.78, 5) is 146. The van der Waals surface area contributed by atoms with Gasteiger partial charge in [0.2, 0.25) is 34.2 Å². The third kappa shape index (κ3) is 15.8. The number of nitrogens with one attached hydrogen (secondary N) is 1. The number of nitrogens with zero attached hydrogens (tertiary/aromatic N) is 22. The summed E-state index contributed by atoms with van der Waals surface area (Å²) in [5, 5.41) is 18.0. The van der Waals surface area contributed by atoms with Crippen molar-refractivity contribution in [1.29, 1.82) is 0 Å². The monoisotopic (exact) mass is 2090 g/mol. The number of aromatic amines is 1. The second-order valence-corrected chi connectivity index (χ2v) is 47.1. The van der Waals surface area contributed by atoms with Gasteiger partial charge in [-0.1, -0.05) is 184 Å². The minimum Gasteiger partial charge on any atom is -0.378 e. The number of hydrogen-bond donors (Lipinski definition) is 1. The number of benzene rings is 1. The number of carbonyl (C=O) groups excluding carboxylic acids is 6. The van der Waals surface area contributed by atoms with Gasteiger partial charge in [0, 0.05) is 132 Å². The van der Waals surface area contributed by atoms with Crippen LogP contribution in [0.2, 0.25) is 0 Å². The molecule has 0 bridgehead atoms. The van der Waals surface area contributed by atoms with Gasteiger partial charge >= 0.3 is 5.69 Å². The van der Waals surface area contributed by atoms with Crippen molar-refractivity contribution in [2.45, 2.75) is 234 Å². The first-order valence-corrected chi connectivity index (χ1v) is 51.7. The maximum atomic E-state index is 12.9. The molecule has 10 aromatic heterocycles. The standard InChI is InChI=1S/C24H22N4O.C20H24N4O2.2C18H17BrN4O.C18H18N4O.C16H17N3O2/c1-23(2)19-11-10-16-13-26-22-17(15-8-6-5-7-9-15)14-27-28(22)20(16)24(19,3)12-18(25-4)21(23)29;1-12-15-6-5-14-18(20(15,3)11-16(21-4)17(12)25)22-13(2)23-19(14)24-7-9-26-10-8-24;1-17(2)13-6-5-10-9-23-16(11(19)8-21-23)22-14(10)18(13,3)7-12(20-4)15(17)24;1-17(2)13-6-5-10-8-21-16-11(19)9-22-23(16)14(10)18(13,3)7-12(20-4)15(17)24;1-17(2)13-6-5-11-10-20-14-7-8-21-22(14)15(11)18(13,3)9-12(19-4)16(17)23;1-15(2)11-6-5-9-8-18-14(21)19-12(9)16(11,3)7-10(17-4)13(15)20/h5-9,12-14,19H,10-11H2,1-3H3;11-12,15H,5-10H2,1-3H3;2*7-9,13H,5-6H2,1-3H3;7-10,13H,5-6H2,1-3H3;7-8,11H,5-6H2,1-3H3,(H,18,19,21)/t19-,24-;12-,15-,20-;3*13-,18-;11-,16-/m000000/s1. The summed E-state index contributed by atoms with van der Waals surface area (Å²) in [6.45, 7) is 83.8. The Morgan fingerprint density at radius 1 is 0.408 bits per heavy atom. The molecule has 0 saturated carbocycles. The SMILES string of the molecule is [C-]#[N+]C1=C[C@]2(C)c3[nH]c(=O)ncc3CC[C@H]2C(C)(C)C1=O.[C-]#[N+]C1=C[C@]2(C)c3c(cnc4c(-c5ccccc5)cnn34)CC[C@H]2C(C)(C)C1=O.[C-]#[N+]C1=C[C@]2(C)c3c(cnc4c(Br)cnn34)CC[C@H]2C(C)(C)C1=O.[C-]#[N+]C1=C[C@]2(C)c3c(cnc4ccnn34)CC[C@H]2C(C)(C)C1=O.[C-]#[N+]C1=C[C@]2(C)c3nc(C)nc(N4CCOCC4)c3CC[C@H]2[C@H](C)C1=O.[C-]#[N+]C1=C[C@]2(C)c3nc4c(Br)cnn4cc3CC[C@H]2C(C)(C)C1=O. The molecular weight excluding hydrogens is 1980 g/mol. The Hall–Kier alpha value is -14.2. The van der Waals surface area contributed by atoms with Crippen LogP contribution in [0.25, 0.3) is 62.8 Å². The summed E-state index contributed by atoms with van der Waals surface area (Å²) in [7, 11) is 0. The highest BCUT2D eigenvalue weighted by atomic mass is 79.9. The Kier molecular flexibility index (Phi) is 25.1. The highest BCUT2D eigenvalue weighted by molar-refractivity contribution is 9.11. The van der Waals surface area contributed by atoms with E-state index in [2.05, 4.69) is 148 Å². The van der Waals surface area contributed by atoms with Crippen LogP contribution >= 0.6 is 31.9 Å². The zero-order chi connectivity index (χ0) is 105. The number of aromatic nitrogens is 16. The van der Waals surface area contributed by atoms with E-state index in [9.17, 15) is 33.6 Å². The normalized spacial score (nSPS) is 28.3. The van der Waals surface area contributed by atoms with E-state index in [1.165, 1.54) is 5.56 Å². The first-order chi connectivity index (χ1) is 69.6. The summed E-state index contributed by atoms with van der Waals surface area (Å²) >= 11 is 6.99. The van der Waals surface area contributed by atoms with Crippen LogP contribution in [0.3, 0.4) is 0 Å². The number of anilines is 1. The molecule has 11 heterocycles. The summed E-state index contributed by atoms with van der Waals surface area (Å²) in [6.07, 6.45) is 38.1. The van der Waals surface area contributed by atoms with Crippen molar-refractivity contribution < 1.29 is 33.5 Å². The van der Waals surface area contributed by atoms with Crippen LogP contribution < -0.4 is 10.6 Å². The van der Waals surface area contributed by atoms with Gasteiger partial charge in [-0.3, -0.25) is 0 Å². The zero-order valence-electron chi connectivity index (χ0n) is 85.8. The summed E-state index contributed by atoms with van der Waals surface area (Å²) in [6, 6.07) is 12.0. The van der Waals surface area contributed by atoms with Crippen LogP contribution in [0.1, 0.15) is 230 Å². The smallest absolute Gasteiger partial charge is 0.345 e. The molecular formula is C114H115Br2N23O8. The van der Waals surface area contributed by atoms with Crippen LogP contribution in [-0.4, -0.2) is 139 Å². The van der Waals surface area contributed by atoms with E-state index in [-0.39, 0.29) is 116 Å². The molecule has 0 unspecified atom stereocenters. The number of carbonyl (C=O) groups is 6. The third-order valence-electron chi connectivity index (χ3n) is 35.3. The molecule has 1 N–H and O–H groups in total. The van der Waals surface area contributed by atoms with E-state index in [1.807, 2.05) is 189 Å². The molecule has 13 aliphatic rings. The molecule has 1 aliphatic heterocycles. The largest absolute Gasteiger partial charge is 0.378 e. The topological polar surface area (TPSA) is 333 Å². The first-order valence-electron chi connectivity index (χ1n) is 50.1. The number of morpholine rings is 1. The second kappa shape index (κ2) is 36.4. The van der Waals surface area contributed by atoms with E-state index in [4.69, 9.17) is 69.2 Å². The van der Waals surface area contributed by atoms with Gasteiger partial charge in [0.15, 0.2) is 57.3 Å². The molecule has 13 atom stereocenters. The molecule has 24 rings (SSSR count). The number of fused-ring (bicyclic) bond motifs is 25. The Morgan fingerprint density at radius 3 is 1.35 bits per heavy atom. The van der Waals surface area contributed by atoms with Crippen molar-refractivity contribution in [3.05, 3.63) is 324 Å². The summed E-state index contributed by atoms with van der Waals surface area (Å²) in [5.74, 6) is 2.07. The number of ether oxygens (including phenoxy) is 1. The van der Waals surface area contributed by atoms with E-state index in [0.29, 0.717) is 13.2 Å². The van der Waals surface area contributed by atoms with Crippen molar-refractivity contribution in [3.63, 3.8) is 0 Å². The van der Waals surface area contributed by atoms with Gasteiger partial charge in [-0.05, 0) is 185 Å². The molecule has 748 valence electrons. The van der Waals surface area contributed by atoms with Crippen LogP contribution in [0.5, 0.6) is 0 Å². The number of allylic oxidation sites excluding steroid dienone is 12. The molecule has 0 radical (unpaired) electrons. The number of H-pyrrole nitrogens is 1. The van der Waals surface area contributed by atoms with Gasteiger partial charge < -0.3 is 43.4 Å². The quantitative estimate of drug-likeness (QED) is 0.157. The lowest BCUT2D eigenvalue weighted by Gasteiger charge is -2.50. The van der Waals surface area contributed by atoms with Crippen LogP contribution in [0.4, 0.5) is 5.82 Å². The maximum absolute atomic E-state index is 12.9. The Bertz CT molecular complexity index is 8080. The van der Waals surface area contributed by atoms with Crippen molar-refractivity contribution >= 4 is 95.0 Å². The van der Waals surface area contributed by atoms with Gasteiger partial charge in [0.1, 0.15) is 11.6 Å². The predicted molar refractivity (Wildman–Crippen MR) is 559 cm³/mol. The number of hydrogen-bond acceptors (Lipinski definition) is 20. The van der Waals surface area contributed by atoms with Gasteiger partial charge in [-0.15, -0.1) is 0 Å². The van der Waals surface area contributed by atoms with Crippen molar-refractivity contribution in [2.75, 3.05) is 31.2 Å². The molecule has 33 heteroatoms. The lowest BCUT2D eigenvalue weighted by atomic mass is 9.53. The second-order valence-electron chi connectivity index (χ2n) is 45.4. The summed E-state index contributed by atoms with van der Waals surface area (Å²) in [5.41, 5.74) is 13.5. The fourth-order valence-electron chi connectivity index (χ4n) is 28.3. The predicted octanol–water partition coefficient (Wildman–Crippen LogP) is 19.5. The Balaban J connectivity index is 0.000000111. The molecule has 1 aromatic carbocycles. The van der Waals surface area contributed by atoms with E-state index >= 15 is 0 Å². The van der Waals surface area contributed by atoms with Crippen molar-refractivity contribution in [2.24, 2.45) is 68.5 Å². The Morgan fingerprint density at radius 2 is 0.830 bits per heavy atom. The third-order valence-corrected chi connectivity index (χ3v) is 36.4. The van der Waals surface area contributed by atoms with Crippen molar-refractivity contribution in [1.82, 2.24) is 78.3 Å². The fraction of sp³-hybridized carbons (Fsp3) is 0.456. The minimum atomic E-state index is -0.610. The average Bonchev–Trinajstić information content (AvgIpc) is 1.64. The zero-order valence-corrected chi connectivity index (χ0v) is 89.0. The molecule has 1 saturated heterocycles. The average molecular weight is 2100 g/mol. The molecule has 11 aromatic rings. The number of Topliss-reactive ketones (excluding diaryl/α,β-unsaturated/α-hetero) is 6. The van der Waals surface area contributed by atoms with Crippen LogP contribution in [0.15, 0.2) is 177 Å². The highest BCUT2D eigenvalue weighted by Crippen LogP contribution is 2.62. The van der Waals surface area contributed by atoms with Gasteiger partial charge in [0.25, 0.3) is 0 Å². The van der Waals surface area contributed by atoms with Crippen LogP contribution in [0, 0.1) is 115 Å². The van der Waals surface area contributed by atoms with Crippen molar-refractivity contribution in [3.8, 4) is 11.1 Å². The maximum Gasteiger partial charge on any atom is 0.345 e. The number of aryl methyl sites for hydroxylation is 6. The number of rotatable bonds is 2. The number of halogens is 2. The molecule has 0 spiro atoms. The van der Waals surface area contributed by atoms with Gasteiger partial charge in [-0.25, -0.2) is 86.8 Å². The highest BCUT2D eigenvalue weighted by Gasteiger charge is 2.62. The van der Waals surface area contributed by atoms with E-state index in [1.54, 1.807) is 35.4 Å². The lowest BCUT2D eigenvalue weighted by Crippen LogP contribution is -2.51. The van der Waals surface area contributed by atoms with Gasteiger partial charge in [0.05, 0.1) is 115 Å². The number of ketones is 6. The van der Waals surface area contributed by atoms with Crippen LogP contribution in [-0.2, 0) is 105 Å². The molecule has 12 aliphatic carbocycles.